The van der Waals surface area contributed by atoms with E-state index in [-0.39, 0.29) is 30.4 Å². The Balaban J connectivity index is 0. The molecule has 4 heteroatoms. The highest BCUT2D eigenvalue weighted by atomic mass is 35.5. The van der Waals surface area contributed by atoms with E-state index in [0.29, 0.717) is 0 Å². The smallest absolute Gasteiger partial charge is 0.237 e. The van der Waals surface area contributed by atoms with Gasteiger partial charge in [-0.05, 0) is 32.6 Å². The zero-order valence-electron chi connectivity index (χ0n) is 10.4. The molecule has 0 aliphatic carbocycles. The zero-order valence-corrected chi connectivity index (χ0v) is 11.2. The van der Waals surface area contributed by atoms with E-state index < -0.39 is 0 Å². The lowest BCUT2D eigenvalue weighted by Crippen LogP contribution is -2.44. The van der Waals surface area contributed by atoms with Crippen LogP contribution in [0.4, 0.5) is 0 Å². The predicted molar refractivity (Wildman–Crippen MR) is 71.8 cm³/mol. The monoisotopic (exact) mass is 248 g/mol. The second-order valence-electron chi connectivity index (χ2n) is 4.02. The minimum Gasteiger partial charge on any atom is -0.352 e. The first-order valence-electron chi connectivity index (χ1n) is 5.78. The summed E-state index contributed by atoms with van der Waals surface area (Å²) < 4.78 is 0. The van der Waals surface area contributed by atoms with Crippen LogP contribution in [0, 0.1) is 0 Å². The van der Waals surface area contributed by atoms with Gasteiger partial charge in [-0.3, -0.25) is 4.79 Å². The summed E-state index contributed by atoms with van der Waals surface area (Å²) in [4.78, 5) is 11.5. The fourth-order valence-electron chi connectivity index (χ4n) is 1.43. The van der Waals surface area contributed by atoms with Crippen molar-refractivity contribution in [2.24, 2.45) is 5.73 Å². The Labute approximate surface area is 105 Å². The molecular weight excluding hydrogens is 224 g/mol. The lowest BCUT2D eigenvalue weighted by molar-refractivity contribution is -0.123. The Morgan fingerprint density at radius 3 is 2.62 bits per heavy atom. The standard InChI is InChI=1S/C12H24N2O.ClH/c1-4-6-7-9-10(3)14-12(15)11(13)8-5-2;/h4,10-11H,1,5-9,13H2,2-3H3,(H,14,15);1H. The van der Waals surface area contributed by atoms with Crippen molar-refractivity contribution < 1.29 is 4.79 Å². The predicted octanol–water partition coefficient (Wildman–Crippen LogP) is 2.40. The number of amides is 1. The number of nitrogens with one attached hydrogen (secondary N) is 1. The molecule has 0 rings (SSSR count). The van der Waals surface area contributed by atoms with Crippen LogP contribution in [0.15, 0.2) is 12.7 Å². The van der Waals surface area contributed by atoms with Gasteiger partial charge < -0.3 is 11.1 Å². The summed E-state index contributed by atoms with van der Waals surface area (Å²) in [5.74, 6) is -0.0250. The minimum atomic E-state index is -0.350. The first-order chi connectivity index (χ1) is 7.11. The number of rotatable bonds is 8. The van der Waals surface area contributed by atoms with Crippen molar-refractivity contribution in [3.05, 3.63) is 12.7 Å². The molecule has 0 spiro atoms. The molecule has 0 bridgehead atoms. The van der Waals surface area contributed by atoms with Crippen LogP contribution in [0.3, 0.4) is 0 Å². The summed E-state index contributed by atoms with van der Waals surface area (Å²) in [6.45, 7) is 7.71. The van der Waals surface area contributed by atoms with Crippen molar-refractivity contribution in [3.8, 4) is 0 Å². The Kier molecular flexibility index (Phi) is 12.2. The topological polar surface area (TPSA) is 55.1 Å². The van der Waals surface area contributed by atoms with Crippen LogP contribution in [-0.4, -0.2) is 18.0 Å². The summed E-state index contributed by atoms with van der Waals surface area (Å²) in [5, 5.41) is 2.93. The quantitative estimate of drug-likeness (QED) is 0.512. The van der Waals surface area contributed by atoms with Gasteiger partial charge in [0, 0.05) is 6.04 Å². The molecular formula is C12H25ClN2O. The summed E-state index contributed by atoms with van der Waals surface area (Å²) in [6.07, 6.45) is 6.65. The SMILES string of the molecule is C=CCCCC(C)NC(=O)C(N)CCC.Cl. The van der Waals surface area contributed by atoms with E-state index in [9.17, 15) is 4.79 Å². The fourth-order valence-corrected chi connectivity index (χ4v) is 1.43. The number of hydrogen-bond donors (Lipinski definition) is 2. The van der Waals surface area contributed by atoms with Gasteiger partial charge in [0.2, 0.25) is 5.91 Å². The second-order valence-corrected chi connectivity index (χ2v) is 4.02. The molecule has 0 aromatic rings. The van der Waals surface area contributed by atoms with Gasteiger partial charge >= 0.3 is 0 Å². The van der Waals surface area contributed by atoms with Crippen LogP contribution in [0.1, 0.15) is 46.0 Å². The molecule has 0 saturated carbocycles. The third-order valence-electron chi connectivity index (χ3n) is 2.37. The molecule has 0 aromatic carbocycles. The normalized spacial score (nSPS) is 13.4. The molecule has 2 atom stereocenters. The number of hydrogen-bond acceptors (Lipinski definition) is 2. The maximum absolute atomic E-state index is 11.5. The lowest BCUT2D eigenvalue weighted by Gasteiger charge is -2.16. The summed E-state index contributed by atoms with van der Waals surface area (Å²) >= 11 is 0. The third kappa shape index (κ3) is 8.74. The Morgan fingerprint density at radius 2 is 2.12 bits per heavy atom. The van der Waals surface area contributed by atoms with E-state index in [2.05, 4.69) is 11.9 Å². The molecule has 16 heavy (non-hydrogen) atoms. The van der Waals surface area contributed by atoms with Crippen LogP contribution in [-0.2, 0) is 4.79 Å². The molecule has 0 radical (unpaired) electrons. The van der Waals surface area contributed by atoms with Gasteiger partial charge in [-0.25, -0.2) is 0 Å². The van der Waals surface area contributed by atoms with Gasteiger partial charge in [-0.15, -0.1) is 19.0 Å². The molecule has 0 aliphatic heterocycles. The maximum atomic E-state index is 11.5. The van der Waals surface area contributed by atoms with Crippen molar-refractivity contribution in [1.29, 1.82) is 0 Å². The minimum absolute atomic E-state index is 0. The number of carbonyl (C=O) groups is 1. The van der Waals surface area contributed by atoms with Crippen molar-refractivity contribution in [1.82, 2.24) is 5.32 Å². The van der Waals surface area contributed by atoms with Gasteiger partial charge in [-0.2, -0.15) is 0 Å². The maximum Gasteiger partial charge on any atom is 0.237 e. The van der Waals surface area contributed by atoms with Crippen LogP contribution < -0.4 is 11.1 Å². The van der Waals surface area contributed by atoms with E-state index in [1.807, 2.05) is 19.9 Å². The Morgan fingerprint density at radius 1 is 1.50 bits per heavy atom. The molecule has 0 aliphatic rings. The third-order valence-corrected chi connectivity index (χ3v) is 2.37. The first kappa shape index (κ1) is 17.8. The fraction of sp³-hybridized carbons (Fsp3) is 0.750. The highest BCUT2D eigenvalue weighted by molar-refractivity contribution is 5.85. The van der Waals surface area contributed by atoms with Crippen molar-refractivity contribution >= 4 is 18.3 Å². The zero-order chi connectivity index (χ0) is 11.7. The summed E-state index contributed by atoms with van der Waals surface area (Å²) in [6, 6.07) is -0.141. The van der Waals surface area contributed by atoms with Crippen LogP contribution in [0.2, 0.25) is 0 Å². The van der Waals surface area contributed by atoms with Gasteiger partial charge in [0.25, 0.3) is 0 Å². The van der Waals surface area contributed by atoms with E-state index in [1.165, 1.54) is 0 Å². The summed E-state index contributed by atoms with van der Waals surface area (Å²) in [7, 11) is 0. The van der Waals surface area contributed by atoms with Crippen LogP contribution in [0.25, 0.3) is 0 Å². The molecule has 0 fully saturated rings. The number of carbonyl (C=O) groups excluding carboxylic acids is 1. The van der Waals surface area contributed by atoms with Crippen molar-refractivity contribution in [2.45, 2.75) is 58.0 Å². The van der Waals surface area contributed by atoms with Crippen LogP contribution >= 0.6 is 12.4 Å². The van der Waals surface area contributed by atoms with E-state index in [4.69, 9.17) is 5.73 Å². The molecule has 3 N–H and O–H groups in total. The molecule has 3 nitrogen and oxygen atoms in total. The Bertz CT molecular complexity index is 197. The second kappa shape index (κ2) is 11.0. The van der Waals surface area contributed by atoms with E-state index >= 15 is 0 Å². The number of halogens is 1. The lowest BCUT2D eigenvalue weighted by atomic mass is 10.1. The average molecular weight is 249 g/mol. The van der Waals surface area contributed by atoms with E-state index in [0.717, 1.165) is 32.1 Å². The highest BCUT2D eigenvalue weighted by Gasteiger charge is 2.13. The molecule has 0 heterocycles. The Hall–Kier alpha value is -0.540. The highest BCUT2D eigenvalue weighted by Crippen LogP contribution is 2.01. The van der Waals surface area contributed by atoms with Gasteiger partial charge in [0.15, 0.2) is 0 Å². The molecule has 0 aromatic heterocycles. The first-order valence-corrected chi connectivity index (χ1v) is 5.78. The number of allylic oxidation sites excluding steroid dienone is 1. The average Bonchev–Trinajstić information content (AvgIpc) is 2.18. The molecule has 2 unspecified atom stereocenters. The van der Waals surface area contributed by atoms with Gasteiger partial charge in [0.1, 0.15) is 0 Å². The largest absolute Gasteiger partial charge is 0.352 e. The number of unbranched alkanes of at least 4 members (excludes halogenated alkanes) is 1. The molecule has 1 amide bonds. The van der Waals surface area contributed by atoms with Crippen LogP contribution in [0.5, 0.6) is 0 Å². The van der Waals surface area contributed by atoms with E-state index in [1.54, 1.807) is 0 Å². The van der Waals surface area contributed by atoms with Gasteiger partial charge in [0.05, 0.1) is 6.04 Å². The van der Waals surface area contributed by atoms with Gasteiger partial charge in [-0.1, -0.05) is 19.4 Å². The molecule has 0 saturated heterocycles. The number of nitrogens with two attached hydrogens (primary N) is 1. The molecule has 96 valence electrons. The van der Waals surface area contributed by atoms with Crippen molar-refractivity contribution in [3.63, 3.8) is 0 Å². The summed E-state index contributed by atoms with van der Waals surface area (Å²) in [5.41, 5.74) is 5.70. The van der Waals surface area contributed by atoms with Crippen molar-refractivity contribution in [2.75, 3.05) is 0 Å².